The van der Waals surface area contributed by atoms with Crippen molar-refractivity contribution < 1.29 is 32.3 Å². The molecule has 40 heavy (non-hydrogen) atoms. The summed E-state index contributed by atoms with van der Waals surface area (Å²) in [5.41, 5.74) is 1.90. The number of carbonyl (C=O) groups is 3. The zero-order chi connectivity index (χ0) is 28.2. The van der Waals surface area contributed by atoms with Gasteiger partial charge in [-0.25, -0.2) is 18.0 Å². The van der Waals surface area contributed by atoms with Gasteiger partial charge < -0.3 is 15.4 Å². The van der Waals surface area contributed by atoms with Crippen molar-refractivity contribution in [1.29, 1.82) is 0 Å². The van der Waals surface area contributed by atoms with E-state index in [2.05, 4.69) is 10.6 Å². The van der Waals surface area contributed by atoms with E-state index in [0.29, 0.717) is 22.5 Å². The Morgan fingerprint density at radius 1 is 0.750 bits per heavy atom. The lowest BCUT2D eigenvalue weighted by Gasteiger charge is -2.24. The number of amides is 3. The number of cyclic esters (lactones) is 1. The Kier molecular flexibility index (Phi) is 7.50. The monoisotopic (exact) mass is 545 g/mol. The number of rotatable bonds is 7. The first-order valence-electron chi connectivity index (χ1n) is 12.2. The van der Waals surface area contributed by atoms with Crippen molar-refractivity contribution in [2.45, 2.75) is 18.7 Å². The van der Waals surface area contributed by atoms with Crippen LogP contribution in [0.15, 0.2) is 97.1 Å². The fourth-order valence-corrected chi connectivity index (χ4v) is 4.34. The molecule has 10 heteroatoms. The minimum absolute atomic E-state index is 0.0435. The van der Waals surface area contributed by atoms with Crippen LogP contribution in [0.1, 0.15) is 27.6 Å². The van der Waals surface area contributed by atoms with Crippen molar-refractivity contribution in [1.82, 2.24) is 4.90 Å². The average Bonchev–Trinajstić information content (AvgIpc) is 3.27. The molecule has 3 amide bonds. The highest BCUT2D eigenvalue weighted by Gasteiger charge is 2.47. The van der Waals surface area contributed by atoms with Crippen LogP contribution in [0, 0.1) is 17.5 Å². The molecular weight excluding hydrogens is 523 g/mol. The van der Waals surface area contributed by atoms with Gasteiger partial charge in [-0.3, -0.25) is 14.5 Å². The van der Waals surface area contributed by atoms with Crippen molar-refractivity contribution in [3.05, 3.63) is 131 Å². The molecule has 4 aromatic carbocycles. The number of benzene rings is 4. The van der Waals surface area contributed by atoms with Crippen LogP contribution in [0.2, 0.25) is 0 Å². The number of anilines is 2. The van der Waals surface area contributed by atoms with Gasteiger partial charge in [0.15, 0.2) is 12.1 Å². The van der Waals surface area contributed by atoms with E-state index in [-0.39, 0.29) is 12.1 Å². The second kappa shape index (κ2) is 11.3. The SMILES string of the molecule is O=C(Nc1cccc([C@H]2OC(=O)N(Cc3ccc(F)cc3)[C@H]2C(=O)Nc2ccc(F)cc2)c1)c1ccc(F)cc1. The van der Waals surface area contributed by atoms with E-state index in [4.69, 9.17) is 4.74 Å². The average molecular weight is 546 g/mol. The number of hydrogen-bond donors (Lipinski definition) is 2. The van der Waals surface area contributed by atoms with E-state index >= 15 is 0 Å². The Morgan fingerprint density at radius 2 is 1.35 bits per heavy atom. The molecule has 4 aromatic rings. The standard InChI is InChI=1S/C30H22F3N3O4/c31-21-8-4-18(5-9-21)17-36-26(29(38)34-24-14-12-23(33)13-15-24)27(40-30(36)39)20-2-1-3-25(16-20)35-28(37)19-6-10-22(32)11-7-19/h1-16,26-27H,17H2,(H,34,38)(H,35,37)/t26-,27-/m1/s1. The summed E-state index contributed by atoms with van der Waals surface area (Å²) in [5, 5.41) is 5.40. The van der Waals surface area contributed by atoms with Gasteiger partial charge in [0.05, 0.1) is 6.54 Å². The van der Waals surface area contributed by atoms with Crippen LogP contribution in [0.4, 0.5) is 29.3 Å². The summed E-state index contributed by atoms with van der Waals surface area (Å²) >= 11 is 0. The van der Waals surface area contributed by atoms with Gasteiger partial charge in [-0.05, 0) is 83.9 Å². The van der Waals surface area contributed by atoms with Crippen LogP contribution < -0.4 is 10.6 Å². The van der Waals surface area contributed by atoms with E-state index in [0.717, 1.165) is 0 Å². The molecular formula is C30H22F3N3O4. The van der Waals surface area contributed by atoms with Gasteiger partial charge in [-0.2, -0.15) is 0 Å². The number of halogens is 3. The van der Waals surface area contributed by atoms with E-state index in [9.17, 15) is 27.6 Å². The van der Waals surface area contributed by atoms with Crippen molar-refractivity contribution >= 4 is 29.3 Å². The molecule has 2 N–H and O–H groups in total. The first kappa shape index (κ1) is 26.5. The number of nitrogens with one attached hydrogen (secondary N) is 2. The second-order valence-electron chi connectivity index (χ2n) is 9.09. The lowest BCUT2D eigenvalue weighted by Crippen LogP contribution is -2.43. The molecule has 5 rings (SSSR count). The fraction of sp³-hybridized carbons (Fsp3) is 0.100. The molecule has 1 heterocycles. The molecule has 0 unspecified atom stereocenters. The van der Waals surface area contributed by atoms with Gasteiger partial charge >= 0.3 is 6.09 Å². The Hall–Kier alpha value is -5.12. The lowest BCUT2D eigenvalue weighted by atomic mass is 10.00. The van der Waals surface area contributed by atoms with Gasteiger partial charge in [0, 0.05) is 16.9 Å². The molecule has 1 saturated heterocycles. The molecule has 0 saturated carbocycles. The number of carbonyl (C=O) groups excluding carboxylic acids is 3. The van der Waals surface area contributed by atoms with Crippen molar-refractivity contribution in [3.63, 3.8) is 0 Å². The number of nitrogens with zero attached hydrogens (tertiary/aromatic N) is 1. The summed E-state index contributed by atoms with van der Waals surface area (Å²) < 4.78 is 45.7. The number of hydrogen-bond acceptors (Lipinski definition) is 4. The van der Waals surface area contributed by atoms with Crippen molar-refractivity contribution in [3.8, 4) is 0 Å². The Bertz CT molecular complexity index is 1540. The van der Waals surface area contributed by atoms with E-state index < -0.39 is 47.5 Å². The molecule has 0 aliphatic carbocycles. The fourth-order valence-electron chi connectivity index (χ4n) is 4.34. The lowest BCUT2D eigenvalue weighted by molar-refractivity contribution is -0.121. The third kappa shape index (κ3) is 5.96. The first-order chi connectivity index (χ1) is 19.3. The van der Waals surface area contributed by atoms with E-state index in [1.54, 1.807) is 24.3 Å². The van der Waals surface area contributed by atoms with Crippen molar-refractivity contribution in [2.24, 2.45) is 0 Å². The van der Waals surface area contributed by atoms with Gasteiger partial charge in [0.1, 0.15) is 17.5 Å². The van der Waals surface area contributed by atoms with Crippen LogP contribution in [0.3, 0.4) is 0 Å². The number of ether oxygens (including phenoxy) is 1. The van der Waals surface area contributed by atoms with Crippen LogP contribution >= 0.6 is 0 Å². The van der Waals surface area contributed by atoms with Gasteiger partial charge in [-0.1, -0.05) is 24.3 Å². The molecule has 1 aliphatic rings. The molecule has 0 spiro atoms. The van der Waals surface area contributed by atoms with Gasteiger partial charge in [0.2, 0.25) is 0 Å². The topological polar surface area (TPSA) is 87.7 Å². The first-order valence-corrected chi connectivity index (χ1v) is 12.2. The van der Waals surface area contributed by atoms with Crippen LogP contribution in [0.25, 0.3) is 0 Å². The normalized spacial score (nSPS) is 16.4. The van der Waals surface area contributed by atoms with E-state index in [1.165, 1.54) is 77.7 Å². The highest BCUT2D eigenvalue weighted by molar-refractivity contribution is 6.04. The summed E-state index contributed by atoms with van der Waals surface area (Å²) in [7, 11) is 0. The Morgan fingerprint density at radius 3 is 2.00 bits per heavy atom. The molecule has 0 bridgehead atoms. The van der Waals surface area contributed by atoms with Gasteiger partial charge in [-0.15, -0.1) is 0 Å². The van der Waals surface area contributed by atoms with Crippen LogP contribution in [-0.4, -0.2) is 28.8 Å². The maximum atomic E-state index is 13.5. The summed E-state index contributed by atoms with van der Waals surface area (Å²) in [6, 6.07) is 20.9. The maximum absolute atomic E-state index is 13.5. The molecule has 1 aliphatic heterocycles. The zero-order valence-electron chi connectivity index (χ0n) is 20.8. The summed E-state index contributed by atoms with van der Waals surface area (Å²) in [6.45, 7) is -0.0435. The molecule has 7 nitrogen and oxygen atoms in total. The molecule has 1 fully saturated rings. The Balaban J connectivity index is 1.43. The molecule has 2 atom stereocenters. The third-order valence-corrected chi connectivity index (χ3v) is 6.31. The summed E-state index contributed by atoms with van der Waals surface area (Å²) in [5.74, 6) is -2.48. The quantitative estimate of drug-likeness (QED) is 0.296. The molecule has 0 radical (unpaired) electrons. The predicted molar refractivity (Wildman–Crippen MR) is 141 cm³/mol. The predicted octanol–water partition coefficient (Wildman–Crippen LogP) is 6.06. The highest BCUT2D eigenvalue weighted by Crippen LogP contribution is 2.35. The van der Waals surface area contributed by atoms with Crippen molar-refractivity contribution in [2.75, 3.05) is 10.6 Å². The highest BCUT2D eigenvalue weighted by atomic mass is 19.1. The third-order valence-electron chi connectivity index (χ3n) is 6.31. The molecule has 202 valence electrons. The maximum Gasteiger partial charge on any atom is 0.411 e. The Labute approximate surface area is 227 Å². The smallest absolute Gasteiger partial charge is 0.411 e. The minimum atomic E-state index is -1.16. The summed E-state index contributed by atoms with van der Waals surface area (Å²) in [4.78, 5) is 40.4. The largest absolute Gasteiger partial charge is 0.438 e. The molecule has 0 aromatic heterocycles. The summed E-state index contributed by atoms with van der Waals surface area (Å²) in [6.07, 6.45) is -1.84. The van der Waals surface area contributed by atoms with Crippen LogP contribution in [0.5, 0.6) is 0 Å². The van der Waals surface area contributed by atoms with Gasteiger partial charge in [0.25, 0.3) is 11.8 Å². The van der Waals surface area contributed by atoms with Crippen LogP contribution in [-0.2, 0) is 16.1 Å². The minimum Gasteiger partial charge on any atom is -0.438 e. The zero-order valence-corrected chi connectivity index (χ0v) is 20.8. The van der Waals surface area contributed by atoms with E-state index in [1.807, 2.05) is 0 Å². The second-order valence-corrected chi connectivity index (χ2v) is 9.09.